The van der Waals surface area contributed by atoms with Crippen LogP contribution >= 0.6 is 11.6 Å². The van der Waals surface area contributed by atoms with Crippen LogP contribution in [0.15, 0.2) is 36.4 Å². The van der Waals surface area contributed by atoms with E-state index in [9.17, 15) is 0 Å². The van der Waals surface area contributed by atoms with E-state index in [1.165, 1.54) is 0 Å². The first kappa shape index (κ1) is 17.4. The summed E-state index contributed by atoms with van der Waals surface area (Å²) in [5, 5.41) is 0.720. The third kappa shape index (κ3) is 4.09. The number of rotatable bonds is 7. The van der Waals surface area contributed by atoms with Gasteiger partial charge in [0.2, 0.25) is 5.75 Å². The molecule has 0 aliphatic heterocycles. The molecule has 2 N–H and O–H groups in total. The van der Waals surface area contributed by atoms with Gasteiger partial charge in [0.25, 0.3) is 0 Å². The van der Waals surface area contributed by atoms with Gasteiger partial charge in [-0.1, -0.05) is 23.7 Å². The minimum absolute atomic E-state index is 0.190. The van der Waals surface area contributed by atoms with Crippen LogP contribution in [0.25, 0.3) is 0 Å². The number of methoxy groups -OCH3 is 3. The molecule has 0 aliphatic rings. The molecule has 0 bridgehead atoms. The average Bonchev–Trinajstić information content (AvgIpc) is 2.59. The Hall–Kier alpha value is -1.91. The number of benzene rings is 2. The van der Waals surface area contributed by atoms with Crippen LogP contribution in [0.5, 0.6) is 17.2 Å². The largest absolute Gasteiger partial charge is 0.493 e. The zero-order valence-corrected chi connectivity index (χ0v) is 14.4. The molecule has 23 heavy (non-hydrogen) atoms. The fraction of sp³-hybridized carbons (Fsp3) is 0.333. The van der Waals surface area contributed by atoms with Crippen LogP contribution in [0.4, 0.5) is 0 Å². The average molecular weight is 336 g/mol. The molecule has 2 rings (SSSR count). The lowest BCUT2D eigenvalue weighted by Crippen LogP contribution is -2.15. The maximum atomic E-state index is 5.97. The summed E-state index contributed by atoms with van der Waals surface area (Å²) < 4.78 is 16.2. The van der Waals surface area contributed by atoms with Gasteiger partial charge in [-0.05, 0) is 48.4 Å². The third-order valence-corrected chi connectivity index (χ3v) is 4.08. The summed E-state index contributed by atoms with van der Waals surface area (Å²) >= 11 is 5.95. The van der Waals surface area contributed by atoms with Gasteiger partial charge in [-0.2, -0.15) is 0 Å². The van der Waals surface area contributed by atoms with Crippen molar-refractivity contribution in [3.05, 3.63) is 52.5 Å². The highest BCUT2D eigenvalue weighted by Gasteiger charge is 2.16. The van der Waals surface area contributed by atoms with E-state index in [0.717, 1.165) is 22.6 Å². The summed E-state index contributed by atoms with van der Waals surface area (Å²) in [6.07, 6.45) is 0.773. The molecule has 0 aliphatic carbocycles. The zero-order chi connectivity index (χ0) is 16.8. The van der Waals surface area contributed by atoms with Gasteiger partial charge < -0.3 is 19.9 Å². The van der Waals surface area contributed by atoms with Gasteiger partial charge in [0.05, 0.1) is 21.3 Å². The summed E-state index contributed by atoms with van der Waals surface area (Å²) in [6, 6.07) is 11.7. The molecule has 0 heterocycles. The fourth-order valence-corrected chi connectivity index (χ4v) is 2.74. The lowest BCUT2D eigenvalue weighted by atomic mass is 9.92. The summed E-state index contributed by atoms with van der Waals surface area (Å²) in [5.74, 6) is 2.08. The molecule has 0 amide bonds. The first-order chi connectivity index (χ1) is 11.1. The lowest BCUT2D eigenvalue weighted by molar-refractivity contribution is 0.323. The monoisotopic (exact) mass is 335 g/mol. The van der Waals surface area contributed by atoms with Crippen LogP contribution in [-0.4, -0.2) is 27.9 Å². The van der Waals surface area contributed by atoms with E-state index in [2.05, 4.69) is 0 Å². The Morgan fingerprint density at radius 3 is 1.96 bits per heavy atom. The molecule has 0 saturated heterocycles. The molecule has 0 fully saturated rings. The Bertz CT molecular complexity index is 618. The summed E-state index contributed by atoms with van der Waals surface area (Å²) in [4.78, 5) is 0. The van der Waals surface area contributed by atoms with Crippen molar-refractivity contribution in [3.8, 4) is 17.2 Å². The zero-order valence-electron chi connectivity index (χ0n) is 13.6. The van der Waals surface area contributed by atoms with Gasteiger partial charge in [0, 0.05) is 10.9 Å². The van der Waals surface area contributed by atoms with Crippen LogP contribution < -0.4 is 19.9 Å². The van der Waals surface area contributed by atoms with Crippen LogP contribution in [-0.2, 0) is 6.42 Å². The van der Waals surface area contributed by atoms with Crippen LogP contribution in [0.3, 0.4) is 0 Å². The van der Waals surface area contributed by atoms with Crippen molar-refractivity contribution in [2.45, 2.75) is 12.3 Å². The van der Waals surface area contributed by atoms with Gasteiger partial charge in [0.1, 0.15) is 0 Å². The van der Waals surface area contributed by atoms with E-state index < -0.39 is 0 Å². The van der Waals surface area contributed by atoms with E-state index in [1.54, 1.807) is 21.3 Å². The Labute approximate surface area is 142 Å². The second kappa shape index (κ2) is 8.09. The molecular weight excluding hydrogens is 314 g/mol. The van der Waals surface area contributed by atoms with E-state index in [1.807, 2.05) is 36.4 Å². The van der Waals surface area contributed by atoms with Crippen molar-refractivity contribution in [3.63, 3.8) is 0 Å². The topological polar surface area (TPSA) is 53.7 Å². The molecule has 0 saturated carbocycles. The Balaban J connectivity index is 2.31. The number of nitrogens with two attached hydrogens (primary N) is 1. The highest BCUT2D eigenvalue weighted by atomic mass is 35.5. The van der Waals surface area contributed by atoms with E-state index >= 15 is 0 Å². The molecule has 0 aromatic heterocycles. The molecule has 0 spiro atoms. The minimum Gasteiger partial charge on any atom is -0.493 e. The van der Waals surface area contributed by atoms with Gasteiger partial charge in [-0.25, -0.2) is 0 Å². The van der Waals surface area contributed by atoms with E-state index in [-0.39, 0.29) is 5.92 Å². The van der Waals surface area contributed by atoms with Crippen molar-refractivity contribution in [1.29, 1.82) is 0 Å². The lowest BCUT2D eigenvalue weighted by Gasteiger charge is -2.18. The number of halogens is 1. The van der Waals surface area contributed by atoms with Crippen LogP contribution in [0, 0.1) is 0 Å². The minimum atomic E-state index is 0.190. The predicted molar refractivity (Wildman–Crippen MR) is 93.0 cm³/mol. The number of ether oxygens (including phenoxy) is 3. The van der Waals surface area contributed by atoms with Gasteiger partial charge >= 0.3 is 0 Å². The maximum absolute atomic E-state index is 5.97. The summed E-state index contributed by atoms with van der Waals surface area (Å²) in [6.45, 7) is 0.540. The summed E-state index contributed by atoms with van der Waals surface area (Å²) in [5.41, 5.74) is 8.20. The van der Waals surface area contributed by atoms with Crippen molar-refractivity contribution >= 4 is 11.6 Å². The standard InChI is InChI=1S/C18H22ClNO3/c1-21-16-9-12(10-17(22-2)18(16)23-3)8-14(11-20)13-4-6-15(19)7-5-13/h4-7,9-10,14H,8,11,20H2,1-3H3. The van der Waals surface area contributed by atoms with Crippen molar-refractivity contribution in [2.75, 3.05) is 27.9 Å². The quantitative estimate of drug-likeness (QED) is 0.839. The normalized spacial score (nSPS) is 11.9. The first-order valence-electron chi connectivity index (χ1n) is 7.37. The highest BCUT2D eigenvalue weighted by Crippen LogP contribution is 2.39. The molecule has 4 nitrogen and oxygen atoms in total. The molecule has 1 unspecified atom stereocenters. The molecular formula is C18H22ClNO3. The van der Waals surface area contributed by atoms with Crippen LogP contribution in [0.2, 0.25) is 5.02 Å². The summed E-state index contributed by atoms with van der Waals surface area (Å²) in [7, 11) is 4.82. The molecule has 5 heteroatoms. The van der Waals surface area contributed by atoms with Gasteiger partial charge in [0.15, 0.2) is 11.5 Å². The SMILES string of the molecule is COc1cc(CC(CN)c2ccc(Cl)cc2)cc(OC)c1OC. The number of hydrogen-bond acceptors (Lipinski definition) is 4. The Kier molecular flexibility index (Phi) is 6.13. The predicted octanol–water partition coefficient (Wildman–Crippen LogP) is 3.65. The second-order valence-corrected chi connectivity index (χ2v) is 5.66. The van der Waals surface area contributed by atoms with Crippen molar-refractivity contribution < 1.29 is 14.2 Å². The molecule has 124 valence electrons. The number of hydrogen-bond donors (Lipinski definition) is 1. The van der Waals surface area contributed by atoms with Crippen LogP contribution in [0.1, 0.15) is 17.0 Å². The Morgan fingerprint density at radius 1 is 0.957 bits per heavy atom. The fourth-order valence-electron chi connectivity index (χ4n) is 2.61. The van der Waals surface area contributed by atoms with Crippen molar-refractivity contribution in [1.82, 2.24) is 0 Å². The Morgan fingerprint density at radius 2 is 1.52 bits per heavy atom. The van der Waals surface area contributed by atoms with Crippen molar-refractivity contribution in [2.24, 2.45) is 5.73 Å². The molecule has 0 radical (unpaired) electrons. The first-order valence-corrected chi connectivity index (χ1v) is 7.75. The molecule has 1 atom stereocenters. The highest BCUT2D eigenvalue weighted by molar-refractivity contribution is 6.30. The van der Waals surface area contributed by atoms with E-state index in [4.69, 9.17) is 31.5 Å². The maximum Gasteiger partial charge on any atom is 0.203 e. The molecule has 2 aromatic carbocycles. The van der Waals surface area contributed by atoms with E-state index in [0.29, 0.717) is 23.8 Å². The molecule has 2 aromatic rings. The van der Waals surface area contributed by atoms with Gasteiger partial charge in [-0.15, -0.1) is 0 Å². The van der Waals surface area contributed by atoms with Gasteiger partial charge in [-0.3, -0.25) is 0 Å². The smallest absolute Gasteiger partial charge is 0.203 e. The second-order valence-electron chi connectivity index (χ2n) is 5.22. The third-order valence-electron chi connectivity index (χ3n) is 3.83.